The van der Waals surface area contributed by atoms with E-state index in [0.29, 0.717) is 30.9 Å². The van der Waals surface area contributed by atoms with Crippen LogP contribution in [-0.4, -0.2) is 68.3 Å². The molecule has 0 aromatic rings. The highest BCUT2D eigenvalue weighted by molar-refractivity contribution is 5.77. The Balaban J connectivity index is 1.26. The number of hydrogen-bond acceptors (Lipinski definition) is 6. The van der Waals surface area contributed by atoms with Gasteiger partial charge in [0, 0.05) is 39.1 Å². The molecule has 9 heteroatoms. The van der Waals surface area contributed by atoms with Crippen molar-refractivity contribution in [3.8, 4) is 0 Å². The van der Waals surface area contributed by atoms with Gasteiger partial charge in [0.05, 0.1) is 5.84 Å². The first-order chi connectivity index (χ1) is 22.8. The molecule has 3 saturated carbocycles. The molecule has 9 nitrogen and oxygen atoms in total. The Morgan fingerprint density at radius 1 is 0.938 bits per heavy atom. The topological polar surface area (TPSA) is 142 Å². The first-order valence-electron chi connectivity index (χ1n) is 19.4. The molecule has 6 N–H and O–H groups in total. The monoisotopic (exact) mass is 671 g/mol. The van der Waals surface area contributed by atoms with Crippen LogP contribution in [0.5, 0.6) is 0 Å². The fraction of sp³-hybridized carbons (Fsp3) is 0.872. The van der Waals surface area contributed by atoms with Gasteiger partial charge in [0.1, 0.15) is 12.7 Å². The molecule has 0 heterocycles. The highest BCUT2D eigenvalue weighted by Crippen LogP contribution is 2.67. The van der Waals surface area contributed by atoms with Crippen LogP contribution in [0.1, 0.15) is 125 Å². The Morgan fingerprint density at radius 2 is 1.67 bits per heavy atom. The van der Waals surface area contributed by atoms with Crippen LogP contribution in [0.15, 0.2) is 21.6 Å². The number of amidine groups is 1. The Bertz CT molecular complexity index is 1110. The summed E-state index contributed by atoms with van der Waals surface area (Å²) in [6.07, 6.45) is 17.4. The highest BCUT2D eigenvalue weighted by atomic mass is 16.7. The van der Waals surface area contributed by atoms with Gasteiger partial charge in [-0.3, -0.25) is 14.9 Å². The number of allylic oxidation sites excluding steroid dienone is 1. The van der Waals surface area contributed by atoms with Crippen LogP contribution in [0, 0.1) is 46.3 Å². The van der Waals surface area contributed by atoms with Crippen LogP contribution in [-0.2, 0) is 9.47 Å². The van der Waals surface area contributed by atoms with E-state index in [-0.39, 0.29) is 24.1 Å². The van der Waals surface area contributed by atoms with Gasteiger partial charge >= 0.3 is 6.16 Å². The fourth-order valence-corrected chi connectivity index (χ4v) is 10.6. The van der Waals surface area contributed by atoms with Crippen molar-refractivity contribution in [3.63, 3.8) is 0 Å². The maximum Gasteiger partial charge on any atom is 0.508 e. The quantitative estimate of drug-likeness (QED) is 0.0485. The molecular formula is C39H70N6O3. The van der Waals surface area contributed by atoms with Gasteiger partial charge in [0.15, 0.2) is 5.96 Å². The molecule has 3 fully saturated rings. The maximum absolute atomic E-state index is 12.8. The smallest absolute Gasteiger partial charge is 0.433 e. The van der Waals surface area contributed by atoms with Gasteiger partial charge in [-0.2, -0.15) is 0 Å². The summed E-state index contributed by atoms with van der Waals surface area (Å²) in [5, 5.41) is 0. The molecule has 0 amide bonds. The van der Waals surface area contributed by atoms with Gasteiger partial charge in [-0.1, -0.05) is 65.5 Å². The van der Waals surface area contributed by atoms with E-state index in [2.05, 4.69) is 55.6 Å². The number of hydrogen-bond donors (Lipinski definition) is 3. The van der Waals surface area contributed by atoms with E-state index in [0.717, 1.165) is 80.7 Å². The molecular weight excluding hydrogens is 600 g/mol. The van der Waals surface area contributed by atoms with Crippen LogP contribution in [0.3, 0.4) is 0 Å². The molecule has 8 unspecified atom stereocenters. The maximum atomic E-state index is 12.8. The molecule has 48 heavy (non-hydrogen) atoms. The Hall–Kier alpha value is -2.29. The van der Waals surface area contributed by atoms with Crippen molar-refractivity contribution in [2.24, 2.45) is 73.5 Å². The Kier molecular flexibility index (Phi) is 14.1. The number of carbonyl (C=O) groups is 1. The van der Waals surface area contributed by atoms with E-state index >= 15 is 0 Å². The Morgan fingerprint density at radius 3 is 2.35 bits per heavy atom. The second-order valence-electron chi connectivity index (χ2n) is 16.7. The number of nitrogens with zero attached hydrogens (tertiary/aromatic N) is 3. The van der Waals surface area contributed by atoms with Gasteiger partial charge in [0.2, 0.25) is 0 Å². The lowest BCUT2D eigenvalue weighted by Crippen LogP contribution is -2.51. The molecule has 4 aliphatic rings. The molecule has 4 rings (SSSR count). The zero-order chi connectivity index (χ0) is 34.9. The lowest BCUT2D eigenvalue weighted by molar-refractivity contribution is -0.0619. The minimum Gasteiger partial charge on any atom is -0.433 e. The van der Waals surface area contributed by atoms with Crippen LogP contribution in [0.25, 0.3) is 0 Å². The Labute approximate surface area is 292 Å². The summed E-state index contributed by atoms with van der Waals surface area (Å²) in [4.78, 5) is 23.4. The van der Waals surface area contributed by atoms with Crippen LogP contribution in [0.2, 0.25) is 0 Å². The van der Waals surface area contributed by atoms with E-state index < -0.39 is 6.16 Å². The lowest BCUT2D eigenvalue weighted by Gasteiger charge is -2.58. The third kappa shape index (κ3) is 9.91. The molecule has 4 aliphatic carbocycles. The molecule has 0 aromatic carbocycles. The molecule has 0 bridgehead atoms. The zero-order valence-corrected chi connectivity index (χ0v) is 31.4. The van der Waals surface area contributed by atoms with Crippen molar-refractivity contribution in [1.29, 1.82) is 0 Å². The summed E-state index contributed by atoms with van der Waals surface area (Å²) in [7, 11) is 0. The molecule has 0 saturated heterocycles. The summed E-state index contributed by atoms with van der Waals surface area (Å²) >= 11 is 0. The van der Waals surface area contributed by atoms with Gasteiger partial charge in [-0.25, -0.2) is 4.79 Å². The van der Waals surface area contributed by atoms with E-state index in [1.807, 2.05) is 0 Å². The molecule has 0 aliphatic heterocycles. The summed E-state index contributed by atoms with van der Waals surface area (Å²) in [6.45, 7) is 18.1. The summed E-state index contributed by atoms with van der Waals surface area (Å²) < 4.78 is 11.5. The average Bonchev–Trinajstić information content (AvgIpc) is 3.38. The number of carbonyl (C=O) groups excluding carboxylic acids is 1. The average molecular weight is 671 g/mol. The summed E-state index contributed by atoms with van der Waals surface area (Å²) in [5.41, 5.74) is 18.9. The van der Waals surface area contributed by atoms with Crippen molar-refractivity contribution in [3.05, 3.63) is 11.6 Å². The van der Waals surface area contributed by atoms with Crippen LogP contribution in [0.4, 0.5) is 4.79 Å². The number of fused-ring (bicyclic) bond motifs is 5. The first kappa shape index (κ1) is 38.5. The van der Waals surface area contributed by atoms with Crippen molar-refractivity contribution < 1.29 is 14.3 Å². The fourth-order valence-electron chi connectivity index (χ4n) is 10.6. The number of nitrogens with two attached hydrogens (primary N) is 3. The highest BCUT2D eigenvalue weighted by Gasteiger charge is 2.59. The largest absolute Gasteiger partial charge is 0.508 e. The van der Waals surface area contributed by atoms with E-state index in [1.54, 1.807) is 6.92 Å². The van der Waals surface area contributed by atoms with E-state index in [9.17, 15) is 4.79 Å². The van der Waals surface area contributed by atoms with E-state index in [4.69, 9.17) is 26.7 Å². The first-order valence-corrected chi connectivity index (χ1v) is 19.4. The predicted molar refractivity (Wildman–Crippen MR) is 198 cm³/mol. The third-order valence-corrected chi connectivity index (χ3v) is 13.1. The minimum absolute atomic E-state index is 0.0992. The second kappa shape index (κ2) is 17.6. The van der Waals surface area contributed by atoms with Crippen molar-refractivity contribution in [1.82, 2.24) is 4.90 Å². The number of guanidine groups is 1. The van der Waals surface area contributed by atoms with Crippen LogP contribution >= 0.6 is 0 Å². The van der Waals surface area contributed by atoms with Crippen molar-refractivity contribution >= 4 is 18.0 Å². The van der Waals surface area contributed by atoms with Gasteiger partial charge < -0.3 is 26.7 Å². The zero-order valence-electron chi connectivity index (χ0n) is 31.4. The predicted octanol–water partition coefficient (Wildman–Crippen LogP) is 7.28. The van der Waals surface area contributed by atoms with Crippen molar-refractivity contribution in [2.75, 3.05) is 39.3 Å². The van der Waals surface area contributed by atoms with Gasteiger partial charge in [-0.15, -0.1) is 0 Å². The molecule has 274 valence electrons. The molecule has 0 radical (unpaired) electrons. The summed E-state index contributed by atoms with van der Waals surface area (Å²) in [6, 6.07) is 0. The van der Waals surface area contributed by atoms with Gasteiger partial charge in [-0.05, 0) is 111 Å². The molecule has 8 atom stereocenters. The lowest BCUT2D eigenvalue weighted by atomic mass is 9.47. The third-order valence-electron chi connectivity index (χ3n) is 13.1. The number of aliphatic imine (C=N–C) groups is 2. The number of rotatable bonds is 17. The molecule has 0 spiro atoms. The molecule has 0 aromatic heterocycles. The van der Waals surface area contributed by atoms with Crippen molar-refractivity contribution in [2.45, 2.75) is 131 Å². The normalized spacial score (nSPS) is 32.2. The minimum atomic E-state index is -0.547. The van der Waals surface area contributed by atoms with Gasteiger partial charge in [0.25, 0.3) is 0 Å². The second-order valence-corrected chi connectivity index (χ2v) is 16.7. The SMILES string of the molecule is CC(N)=NCCCN(CCCN=C(N)N)CCOC(=O)OC1CCC2(C)C(=CCC3C2CCC2(C)C(C(C)CCCC(C)C)CCC32)C1. The standard InChI is InChI=1S/C39H70N6O3/c1-27(2)10-7-11-28(3)33-14-15-34-32-13-12-30-26-31(16-18-38(30,5)35(32)17-19-39(33,34)6)48-37(46)47-25-24-45(22-8-20-43-29(4)40)23-9-21-44-36(41)42/h12,27-28,31-35H,7-11,13-26H2,1-6H3,(H2,40,43)(H4,41,42,44). The number of ether oxygens (including phenoxy) is 2. The van der Waals surface area contributed by atoms with E-state index in [1.165, 1.54) is 56.9 Å². The summed E-state index contributed by atoms with van der Waals surface area (Å²) in [5.74, 6) is 5.66. The van der Waals surface area contributed by atoms with Crippen LogP contribution < -0.4 is 17.2 Å².